The highest BCUT2D eigenvalue weighted by Crippen LogP contribution is 2.33. The normalized spacial score (nSPS) is 13.9. The summed E-state index contributed by atoms with van der Waals surface area (Å²) in [6, 6.07) is 19.6. The summed E-state index contributed by atoms with van der Waals surface area (Å²) in [6.07, 6.45) is 0.0496. The van der Waals surface area contributed by atoms with Crippen LogP contribution in [0.1, 0.15) is 33.9 Å². The van der Waals surface area contributed by atoms with Gasteiger partial charge >= 0.3 is 0 Å². The molecule has 1 heterocycles. The van der Waals surface area contributed by atoms with Gasteiger partial charge in [-0.25, -0.2) is 4.39 Å². The van der Waals surface area contributed by atoms with Crippen LogP contribution in [-0.2, 0) is 11.3 Å². The van der Waals surface area contributed by atoms with Gasteiger partial charge < -0.3 is 10.2 Å². The Kier molecular flexibility index (Phi) is 5.32. The highest BCUT2D eigenvalue weighted by molar-refractivity contribution is 6.30. The van der Waals surface area contributed by atoms with Gasteiger partial charge in [-0.15, -0.1) is 0 Å². The monoisotopic (exact) mass is 408 g/mol. The zero-order valence-electron chi connectivity index (χ0n) is 15.4. The second-order valence-electron chi connectivity index (χ2n) is 6.92. The number of anilines is 1. The van der Waals surface area contributed by atoms with Crippen LogP contribution in [0.4, 0.5) is 10.1 Å². The number of fused-ring (bicyclic) bond motifs is 1. The summed E-state index contributed by atoms with van der Waals surface area (Å²) in [6.45, 7) is 0.408. The lowest BCUT2D eigenvalue weighted by Gasteiger charge is -2.28. The molecule has 0 fully saturated rings. The Labute approximate surface area is 172 Å². The van der Waals surface area contributed by atoms with Crippen molar-refractivity contribution in [2.75, 3.05) is 5.32 Å². The van der Waals surface area contributed by atoms with E-state index in [1.54, 1.807) is 47.4 Å². The maximum absolute atomic E-state index is 13.4. The molecule has 0 radical (unpaired) electrons. The second-order valence-corrected chi connectivity index (χ2v) is 7.35. The third-order valence-corrected chi connectivity index (χ3v) is 5.24. The van der Waals surface area contributed by atoms with Crippen molar-refractivity contribution in [1.29, 1.82) is 0 Å². The Morgan fingerprint density at radius 1 is 1.03 bits per heavy atom. The van der Waals surface area contributed by atoms with Gasteiger partial charge in [-0.2, -0.15) is 0 Å². The zero-order valence-corrected chi connectivity index (χ0v) is 16.2. The molecule has 0 spiro atoms. The van der Waals surface area contributed by atoms with Gasteiger partial charge in [-0.05, 0) is 53.6 Å². The van der Waals surface area contributed by atoms with Crippen molar-refractivity contribution < 1.29 is 14.0 Å². The van der Waals surface area contributed by atoms with Gasteiger partial charge in [-0.3, -0.25) is 9.59 Å². The van der Waals surface area contributed by atoms with Crippen LogP contribution in [0.25, 0.3) is 0 Å². The number of carbonyl (C=O) groups excluding carboxylic acids is 2. The van der Waals surface area contributed by atoms with Crippen molar-refractivity contribution in [3.63, 3.8) is 0 Å². The van der Waals surface area contributed by atoms with E-state index in [2.05, 4.69) is 5.32 Å². The van der Waals surface area contributed by atoms with E-state index in [1.165, 1.54) is 12.1 Å². The molecule has 29 heavy (non-hydrogen) atoms. The number of amides is 2. The van der Waals surface area contributed by atoms with Crippen LogP contribution in [-0.4, -0.2) is 16.7 Å². The van der Waals surface area contributed by atoms with Crippen LogP contribution in [0.15, 0.2) is 72.8 Å². The molecule has 0 aliphatic carbocycles. The molecule has 146 valence electrons. The maximum Gasteiger partial charge on any atom is 0.255 e. The predicted molar refractivity (Wildman–Crippen MR) is 110 cm³/mol. The van der Waals surface area contributed by atoms with Crippen LogP contribution in [0.3, 0.4) is 0 Å². The smallest absolute Gasteiger partial charge is 0.255 e. The largest absolute Gasteiger partial charge is 0.327 e. The fraction of sp³-hybridized carbons (Fsp3) is 0.130. The molecule has 0 saturated carbocycles. The summed E-state index contributed by atoms with van der Waals surface area (Å²) >= 11 is 5.88. The first-order chi connectivity index (χ1) is 14.0. The molecule has 6 heteroatoms. The average Bonchev–Trinajstić information content (AvgIpc) is 3.05. The van der Waals surface area contributed by atoms with Gasteiger partial charge in [0.1, 0.15) is 5.82 Å². The molecule has 3 aromatic rings. The van der Waals surface area contributed by atoms with Gasteiger partial charge in [0.25, 0.3) is 5.91 Å². The maximum atomic E-state index is 13.4. The van der Waals surface area contributed by atoms with E-state index in [1.807, 2.05) is 18.2 Å². The SMILES string of the molecule is O=C(CC(c1ccc(F)cc1)N1Cc2ccccc2C1=O)Nc1ccc(Cl)cc1. The van der Waals surface area contributed by atoms with Gasteiger partial charge in [0.15, 0.2) is 0 Å². The number of carbonyl (C=O) groups is 2. The van der Waals surface area contributed by atoms with Crippen molar-refractivity contribution in [3.05, 3.63) is 100 Å². The van der Waals surface area contributed by atoms with Crippen LogP contribution >= 0.6 is 11.6 Å². The summed E-state index contributed by atoms with van der Waals surface area (Å²) in [5, 5.41) is 3.41. The Morgan fingerprint density at radius 3 is 2.41 bits per heavy atom. The molecule has 0 aromatic heterocycles. The number of hydrogen-bond donors (Lipinski definition) is 1. The minimum absolute atomic E-state index is 0.0496. The van der Waals surface area contributed by atoms with Crippen molar-refractivity contribution in [1.82, 2.24) is 4.90 Å². The topological polar surface area (TPSA) is 49.4 Å². The molecule has 1 unspecified atom stereocenters. The van der Waals surface area contributed by atoms with E-state index in [9.17, 15) is 14.0 Å². The molecule has 1 atom stereocenters. The van der Waals surface area contributed by atoms with Crippen LogP contribution in [0, 0.1) is 5.82 Å². The lowest BCUT2D eigenvalue weighted by atomic mass is 10.0. The summed E-state index contributed by atoms with van der Waals surface area (Å²) < 4.78 is 13.4. The van der Waals surface area contributed by atoms with Crippen molar-refractivity contribution in [2.24, 2.45) is 0 Å². The van der Waals surface area contributed by atoms with Crippen LogP contribution < -0.4 is 5.32 Å². The predicted octanol–water partition coefficient (Wildman–Crippen LogP) is 5.21. The molecular weight excluding hydrogens is 391 g/mol. The number of halogens is 2. The van der Waals surface area contributed by atoms with Crippen LogP contribution in [0.5, 0.6) is 0 Å². The van der Waals surface area contributed by atoms with Crippen LogP contribution in [0.2, 0.25) is 5.02 Å². The highest BCUT2D eigenvalue weighted by Gasteiger charge is 2.34. The first-order valence-corrected chi connectivity index (χ1v) is 9.59. The van der Waals surface area contributed by atoms with Gasteiger partial charge in [0, 0.05) is 22.8 Å². The molecule has 4 nitrogen and oxygen atoms in total. The Balaban J connectivity index is 1.59. The van der Waals surface area contributed by atoms with E-state index in [-0.39, 0.29) is 24.1 Å². The average molecular weight is 409 g/mol. The molecular formula is C23H18ClFN2O2. The molecule has 1 N–H and O–H groups in total. The molecule has 1 aliphatic rings. The molecule has 2 amide bonds. The molecule has 0 saturated heterocycles. The van der Waals surface area contributed by atoms with E-state index in [0.717, 1.165) is 5.56 Å². The molecule has 0 bridgehead atoms. The first kappa shape index (κ1) is 19.2. The summed E-state index contributed by atoms with van der Waals surface area (Å²) in [4.78, 5) is 27.4. The van der Waals surface area contributed by atoms with E-state index >= 15 is 0 Å². The molecule has 3 aromatic carbocycles. The minimum atomic E-state index is -0.511. The van der Waals surface area contributed by atoms with Crippen molar-refractivity contribution >= 4 is 29.1 Å². The summed E-state index contributed by atoms with van der Waals surface area (Å²) in [5.41, 5.74) is 2.88. The van der Waals surface area contributed by atoms with Gasteiger partial charge in [-0.1, -0.05) is 41.9 Å². The lowest BCUT2D eigenvalue weighted by Crippen LogP contribution is -2.32. The van der Waals surface area contributed by atoms with E-state index in [4.69, 9.17) is 11.6 Å². The van der Waals surface area contributed by atoms with Crippen molar-refractivity contribution in [3.8, 4) is 0 Å². The third-order valence-electron chi connectivity index (χ3n) is 4.99. The quantitative estimate of drug-likeness (QED) is 0.630. The summed E-state index contributed by atoms with van der Waals surface area (Å²) in [7, 11) is 0. The number of nitrogens with one attached hydrogen (secondary N) is 1. The number of rotatable bonds is 5. The third kappa shape index (κ3) is 4.15. The van der Waals surface area contributed by atoms with Gasteiger partial charge in [0.2, 0.25) is 5.91 Å². The highest BCUT2D eigenvalue weighted by atomic mass is 35.5. The Hall–Kier alpha value is -3.18. The second kappa shape index (κ2) is 8.05. The Bertz CT molecular complexity index is 1050. The van der Waals surface area contributed by atoms with E-state index < -0.39 is 6.04 Å². The summed E-state index contributed by atoms with van der Waals surface area (Å²) in [5.74, 6) is -0.742. The lowest BCUT2D eigenvalue weighted by molar-refractivity contribution is -0.117. The van der Waals surface area contributed by atoms with Gasteiger partial charge in [0.05, 0.1) is 12.5 Å². The van der Waals surface area contributed by atoms with Crippen molar-refractivity contribution in [2.45, 2.75) is 19.0 Å². The number of nitrogens with zero attached hydrogens (tertiary/aromatic N) is 1. The molecule has 4 rings (SSSR count). The minimum Gasteiger partial charge on any atom is -0.327 e. The number of hydrogen-bond acceptors (Lipinski definition) is 2. The van der Waals surface area contributed by atoms with E-state index in [0.29, 0.717) is 28.4 Å². The fourth-order valence-corrected chi connectivity index (χ4v) is 3.67. The number of benzene rings is 3. The molecule has 1 aliphatic heterocycles. The first-order valence-electron chi connectivity index (χ1n) is 9.21. The standard InChI is InChI=1S/C23H18ClFN2O2/c24-17-7-11-19(12-8-17)26-22(28)13-21(15-5-9-18(25)10-6-15)27-14-16-3-1-2-4-20(16)23(27)29/h1-12,21H,13-14H2,(H,26,28). The zero-order chi connectivity index (χ0) is 20.4. The Morgan fingerprint density at radius 2 is 1.72 bits per heavy atom. The fourth-order valence-electron chi connectivity index (χ4n) is 3.54.